The predicted molar refractivity (Wildman–Crippen MR) is 82.1 cm³/mol. The quantitative estimate of drug-likeness (QED) is 0.802. The van der Waals surface area contributed by atoms with E-state index in [1.807, 2.05) is 0 Å². The molecule has 0 aliphatic rings. The van der Waals surface area contributed by atoms with E-state index in [1.54, 1.807) is 24.4 Å². The van der Waals surface area contributed by atoms with Crippen molar-refractivity contribution >= 4 is 11.6 Å². The van der Waals surface area contributed by atoms with E-state index in [4.69, 9.17) is 0 Å². The smallest absolute Gasteiger partial charge is 0.255 e. The van der Waals surface area contributed by atoms with Gasteiger partial charge in [-0.05, 0) is 24.3 Å². The van der Waals surface area contributed by atoms with Gasteiger partial charge in [0.25, 0.3) is 5.91 Å². The molecule has 0 saturated heterocycles. The molecule has 1 aromatic heterocycles. The third kappa shape index (κ3) is 3.60. The van der Waals surface area contributed by atoms with Gasteiger partial charge in [0.1, 0.15) is 11.6 Å². The summed E-state index contributed by atoms with van der Waals surface area (Å²) in [5.74, 6) is -1.23. The van der Waals surface area contributed by atoms with Crippen LogP contribution >= 0.6 is 0 Å². The Kier molecular flexibility index (Phi) is 4.14. The van der Waals surface area contributed by atoms with Crippen LogP contribution < -0.4 is 5.32 Å². The maximum Gasteiger partial charge on any atom is 0.255 e. The van der Waals surface area contributed by atoms with Gasteiger partial charge < -0.3 is 5.32 Å². The Labute approximate surface area is 131 Å². The van der Waals surface area contributed by atoms with Gasteiger partial charge in [-0.2, -0.15) is 5.10 Å². The maximum absolute atomic E-state index is 13.6. The zero-order chi connectivity index (χ0) is 16.2. The van der Waals surface area contributed by atoms with Crippen LogP contribution in [0.5, 0.6) is 0 Å². The first kappa shape index (κ1) is 14.9. The fourth-order valence-electron chi connectivity index (χ4n) is 2.15. The molecular formula is C17H13F2N3O. The molecule has 0 atom stereocenters. The predicted octanol–water partition coefficient (Wildman–Crippen LogP) is 3.46. The van der Waals surface area contributed by atoms with Gasteiger partial charge in [0.2, 0.25) is 0 Å². The molecule has 6 heteroatoms. The summed E-state index contributed by atoms with van der Waals surface area (Å²) >= 11 is 0. The summed E-state index contributed by atoms with van der Waals surface area (Å²) in [7, 11) is 0. The standard InChI is InChI=1S/C17H13F2N3O/c18-14-6-3-5-12(8-14)17(23)21-15-9-20-22(11-15)10-13-4-1-2-7-16(13)19/h1-9,11H,10H2,(H,21,23). The molecule has 3 aromatic rings. The summed E-state index contributed by atoms with van der Waals surface area (Å²) in [6, 6.07) is 11.8. The highest BCUT2D eigenvalue weighted by molar-refractivity contribution is 6.04. The van der Waals surface area contributed by atoms with Gasteiger partial charge in [0.05, 0.1) is 18.4 Å². The number of amides is 1. The van der Waals surface area contributed by atoms with Gasteiger partial charge >= 0.3 is 0 Å². The van der Waals surface area contributed by atoms with E-state index in [0.717, 1.165) is 6.07 Å². The highest BCUT2D eigenvalue weighted by Crippen LogP contribution is 2.12. The molecule has 1 N–H and O–H groups in total. The number of rotatable bonds is 4. The first-order chi connectivity index (χ1) is 11.1. The average molecular weight is 313 g/mol. The summed E-state index contributed by atoms with van der Waals surface area (Å²) in [5.41, 5.74) is 1.17. The van der Waals surface area contributed by atoms with E-state index >= 15 is 0 Å². The SMILES string of the molecule is O=C(Nc1cnn(Cc2ccccc2F)c1)c1cccc(F)c1. The Morgan fingerprint density at radius 1 is 1.13 bits per heavy atom. The summed E-state index contributed by atoms with van der Waals surface area (Å²) in [4.78, 5) is 12.0. The Bertz CT molecular complexity index is 845. The molecule has 4 nitrogen and oxygen atoms in total. The van der Waals surface area contributed by atoms with Crippen molar-refractivity contribution in [1.29, 1.82) is 0 Å². The van der Waals surface area contributed by atoms with E-state index in [0.29, 0.717) is 11.3 Å². The first-order valence-electron chi connectivity index (χ1n) is 6.94. The molecule has 3 rings (SSSR count). The molecule has 0 bridgehead atoms. The Balaban J connectivity index is 1.70. The molecule has 0 spiro atoms. The monoisotopic (exact) mass is 313 g/mol. The van der Waals surface area contributed by atoms with Gasteiger partial charge in [-0.25, -0.2) is 8.78 Å². The highest BCUT2D eigenvalue weighted by Gasteiger charge is 2.09. The van der Waals surface area contributed by atoms with Crippen LogP contribution in [0.3, 0.4) is 0 Å². The number of hydrogen-bond donors (Lipinski definition) is 1. The van der Waals surface area contributed by atoms with Gasteiger partial charge in [-0.3, -0.25) is 9.48 Å². The lowest BCUT2D eigenvalue weighted by atomic mass is 10.2. The van der Waals surface area contributed by atoms with E-state index in [2.05, 4.69) is 10.4 Å². The van der Waals surface area contributed by atoms with Gasteiger partial charge in [-0.1, -0.05) is 24.3 Å². The average Bonchev–Trinajstić information content (AvgIpc) is 2.97. The zero-order valence-electron chi connectivity index (χ0n) is 12.0. The van der Waals surface area contributed by atoms with Crippen molar-refractivity contribution in [2.24, 2.45) is 0 Å². The van der Waals surface area contributed by atoms with Crippen molar-refractivity contribution in [3.8, 4) is 0 Å². The summed E-state index contributed by atoms with van der Waals surface area (Å²) in [6.07, 6.45) is 3.04. The fourth-order valence-corrected chi connectivity index (χ4v) is 2.15. The first-order valence-corrected chi connectivity index (χ1v) is 6.94. The largest absolute Gasteiger partial charge is 0.319 e. The van der Waals surface area contributed by atoms with E-state index < -0.39 is 11.7 Å². The summed E-state index contributed by atoms with van der Waals surface area (Å²) < 4.78 is 28.2. The lowest BCUT2D eigenvalue weighted by Gasteiger charge is -2.04. The normalized spacial score (nSPS) is 10.5. The third-order valence-corrected chi connectivity index (χ3v) is 3.27. The Morgan fingerprint density at radius 2 is 1.96 bits per heavy atom. The van der Waals surface area contributed by atoms with Gasteiger partial charge in [-0.15, -0.1) is 0 Å². The number of nitrogens with zero attached hydrogens (tertiary/aromatic N) is 2. The number of carbonyl (C=O) groups excluding carboxylic acids is 1. The topological polar surface area (TPSA) is 46.9 Å². The van der Waals surface area contributed by atoms with Crippen LogP contribution in [0, 0.1) is 11.6 Å². The van der Waals surface area contributed by atoms with Crippen LogP contribution in [-0.4, -0.2) is 15.7 Å². The van der Waals surface area contributed by atoms with Crippen LogP contribution in [0.4, 0.5) is 14.5 Å². The minimum absolute atomic E-state index is 0.215. The number of benzene rings is 2. The van der Waals surface area contributed by atoms with Crippen molar-refractivity contribution in [2.75, 3.05) is 5.32 Å². The third-order valence-electron chi connectivity index (χ3n) is 3.27. The zero-order valence-corrected chi connectivity index (χ0v) is 12.0. The number of nitrogens with one attached hydrogen (secondary N) is 1. The summed E-state index contributed by atoms with van der Waals surface area (Å²) in [6.45, 7) is 0.252. The molecule has 0 fully saturated rings. The fraction of sp³-hybridized carbons (Fsp3) is 0.0588. The van der Waals surface area contributed by atoms with Crippen LogP contribution in [0.25, 0.3) is 0 Å². The molecule has 0 aliphatic carbocycles. The second-order valence-electron chi connectivity index (χ2n) is 4.98. The number of halogens is 2. The van der Waals surface area contributed by atoms with Gasteiger partial charge in [0.15, 0.2) is 0 Å². The minimum Gasteiger partial charge on any atom is -0.319 e. The molecular weight excluding hydrogens is 300 g/mol. The van der Waals surface area contributed by atoms with E-state index in [-0.39, 0.29) is 17.9 Å². The van der Waals surface area contributed by atoms with Crippen molar-refractivity contribution in [2.45, 2.75) is 6.54 Å². The van der Waals surface area contributed by atoms with Crippen molar-refractivity contribution in [1.82, 2.24) is 9.78 Å². The van der Waals surface area contributed by atoms with Crippen LogP contribution in [0.1, 0.15) is 15.9 Å². The molecule has 1 heterocycles. The molecule has 23 heavy (non-hydrogen) atoms. The second-order valence-corrected chi connectivity index (χ2v) is 4.98. The van der Waals surface area contributed by atoms with Crippen LogP contribution in [-0.2, 0) is 6.54 Å². The lowest BCUT2D eigenvalue weighted by Crippen LogP contribution is -2.11. The Hall–Kier alpha value is -3.02. The number of carbonyl (C=O) groups is 1. The van der Waals surface area contributed by atoms with Crippen molar-refractivity contribution in [3.63, 3.8) is 0 Å². The van der Waals surface area contributed by atoms with Crippen LogP contribution in [0.2, 0.25) is 0 Å². The molecule has 116 valence electrons. The number of hydrogen-bond acceptors (Lipinski definition) is 2. The second kappa shape index (κ2) is 6.39. The number of anilines is 1. The van der Waals surface area contributed by atoms with Crippen LogP contribution in [0.15, 0.2) is 60.9 Å². The molecule has 2 aromatic carbocycles. The highest BCUT2D eigenvalue weighted by atomic mass is 19.1. The molecule has 0 unspecified atom stereocenters. The molecule has 0 aliphatic heterocycles. The summed E-state index contributed by atoms with van der Waals surface area (Å²) in [5, 5.41) is 6.70. The molecule has 0 radical (unpaired) electrons. The maximum atomic E-state index is 13.6. The Morgan fingerprint density at radius 3 is 2.74 bits per heavy atom. The molecule has 0 saturated carbocycles. The molecule has 1 amide bonds. The number of aromatic nitrogens is 2. The van der Waals surface area contributed by atoms with Crippen molar-refractivity contribution < 1.29 is 13.6 Å². The van der Waals surface area contributed by atoms with Gasteiger partial charge in [0, 0.05) is 17.3 Å². The van der Waals surface area contributed by atoms with Crippen molar-refractivity contribution in [3.05, 3.63) is 83.7 Å². The minimum atomic E-state index is -0.479. The lowest BCUT2D eigenvalue weighted by molar-refractivity contribution is 0.102. The van der Waals surface area contributed by atoms with E-state index in [1.165, 1.54) is 35.1 Å². The van der Waals surface area contributed by atoms with E-state index in [9.17, 15) is 13.6 Å².